The van der Waals surface area contributed by atoms with Crippen LogP contribution in [0.4, 0.5) is 11.5 Å². The van der Waals surface area contributed by atoms with Crippen molar-refractivity contribution in [3.05, 3.63) is 35.7 Å². The molecule has 8 nitrogen and oxygen atoms in total. The van der Waals surface area contributed by atoms with E-state index in [9.17, 15) is 13.2 Å². The Hall–Kier alpha value is -2.39. The van der Waals surface area contributed by atoms with Crippen LogP contribution in [0, 0.1) is 0 Å². The van der Waals surface area contributed by atoms with Crippen LogP contribution < -0.4 is 14.8 Å². The second-order valence-electron chi connectivity index (χ2n) is 4.36. The summed E-state index contributed by atoms with van der Waals surface area (Å²) < 4.78 is 32.0. The molecule has 0 bridgehead atoms. The molecule has 2 rings (SSSR count). The predicted octanol–water partition coefficient (Wildman–Crippen LogP) is 1.90. The molecule has 0 saturated carbocycles. The fraction of sp³-hybridized carbons (Fsp3) is 0.154. The molecule has 10 heteroatoms. The third-order valence-electron chi connectivity index (χ3n) is 2.68. The summed E-state index contributed by atoms with van der Waals surface area (Å²) in [6.07, 6.45) is 1.11. The van der Waals surface area contributed by atoms with Crippen molar-refractivity contribution in [1.82, 2.24) is 9.97 Å². The summed E-state index contributed by atoms with van der Waals surface area (Å²) in [5.41, 5.74) is 0.485. The van der Waals surface area contributed by atoms with E-state index in [1.165, 1.54) is 38.3 Å². The van der Waals surface area contributed by atoms with Crippen molar-refractivity contribution in [3.63, 3.8) is 0 Å². The van der Waals surface area contributed by atoms with Gasteiger partial charge in [-0.2, -0.15) is 0 Å². The Balaban J connectivity index is 2.29. The highest BCUT2D eigenvalue weighted by atomic mass is 35.5. The van der Waals surface area contributed by atoms with Crippen molar-refractivity contribution >= 4 is 39.0 Å². The van der Waals surface area contributed by atoms with Gasteiger partial charge < -0.3 is 10.1 Å². The standard InChI is InChI=1S/C13H13ClN4O4S/c1-8(19)17-9-3-5-10(6-4-9)23(20,21)18-13-11(22-2)12(14)15-7-16-13/h3-7H,1-2H3,(H,17,19)(H,15,16,18). The van der Waals surface area contributed by atoms with E-state index in [-0.39, 0.29) is 27.5 Å². The van der Waals surface area contributed by atoms with Gasteiger partial charge in [0.25, 0.3) is 10.0 Å². The molecule has 0 fully saturated rings. The molecule has 0 aliphatic carbocycles. The Bertz CT molecular complexity index is 824. The lowest BCUT2D eigenvalue weighted by molar-refractivity contribution is -0.114. The van der Waals surface area contributed by atoms with Crippen LogP contribution in [0.25, 0.3) is 0 Å². The maximum Gasteiger partial charge on any atom is 0.263 e. The average Bonchev–Trinajstić information content (AvgIpc) is 2.47. The van der Waals surface area contributed by atoms with E-state index in [4.69, 9.17) is 16.3 Å². The molecule has 2 aromatic rings. The summed E-state index contributed by atoms with van der Waals surface area (Å²) in [6.45, 7) is 1.36. The van der Waals surface area contributed by atoms with Crippen LogP contribution in [-0.2, 0) is 14.8 Å². The van der Waals surface area contributed by atoms with Crippen molar-refractivity contribution < 1.29 is 17.9 Å². The van der Waals surface area contributed by atoms with Gasteiger partial charge in [0.2, 0.25) is 5.91 Å². The maximum absolute atomic E-state index is 12.4. The minimum Gasteiger partial charge on any atom is -0.490 e. The van der Waals surface area contributed by atoms with Crippen LogP contribution in [0.15, 0.2) is 35.5 Å². The molecular weight excluding hydrogens is 344 g/mol. The fourth-order valence-corrected chi connectivity index (χ4v) is 2.94. The van der Waals surface area contributed by atoms with Crippen LogP contribution in [0.1, 0.15) is 6.92 Å². The molecule has 0 aliphatic heterocycles. The van der Waals surface area contributed by atoms with Gasteiger partial charge in [0, 0.05) is 12.6 Å². The number of halogens is 1. The molecule has 1 aromatic carbocycles. The smallest absolute Gasteiger partial charge is 0.263 e. The zero-order chi connectivity index (χ0) is 17.0. The van der Waals surface area contributed by atoms with Crippen LogP contribution >= 0.6 is 11.6 Å². The van der Waals surface area contributed by atoms with E-state index in [0.717, 1.165) is 6.33 Å². The van der Waals surface area contributed by atoms with Gasteiger partial charge in [-0.25, -0.2) is 18.4 Å². The molecule has 0 spiro atoms. The topological polar surface area (TPSA) is 110 Å². The second kappa shape index (κ2) is 6.80. The number of hydrogen-bond acceptors (Lipinski definition) is 6. The highest BCUT2D eigenvalue weighted by molar-refractivity contribution is 7.92. The van der Waals surface area contributed by atoms with Gasteiger partial charge in [0.15, 0.2) is 16.7 Å². The van der Waals surface area contributed by atoms with Gasteiger partial charge in [-0.15, -0.1) is 0 Å². The molecular formula is C13H13ClN4O4S. The predicted molar refractivity (Wildman–Crippen MR) is 85.1 cm³/mol. The molecule has 0 atom stereocenters. The Kier molecular flexibility index (Phi) is 5.02. The van der Waals surface area contributed by atoms with Crippen molar-refractivity contribution in [2.24, 2.45) is 0 Å². The zero-order valence-corrected chi connectivity index (χ0v) is 13.8. The normalized spacial score (nSPS) is 10.9. The molecule has 1 heterocycles. The first-order valence-corrected chi connectivity index (χ1v) is 8.14. The monoisotopic (exact) mass is 356 g/mol. The molecule has 0 saturated heterocycles. The Morgan fingerprint density at radius 1 is 1.22 bits per heavy atom. The Morgan fingerprint density at radius 3 is 2.43 bits per heavy atom. The first kappa shape index (κ1) is 17.0. The van der Waals surface area contributed by atoms with Crippen molar-refractivity contribution in [3.8, 4) is 5.75 Å². The summed E-state index contributed by atoms with van der Waals surface area (Å²) >= 11 is 5.82. The number of methoxy groups -OCH3 is 1. The number of nitrogens with zero attached hydrogens (tertiary/aromatic N) is 2. The van der Waals surface area contributed by atoms with E-state index < -0.39 is 10.0 Å². The number of carbonyl (C=O) groups excluding carboxylic acids is 1. The Labute approximate surface area is 137 Å². The number of nitrogens with one attached hydrogen (secondary N) is 2. The summed E-state index contributed by atoms with van der Waals surface area (Å²) in [6, 6.07) is 5.64. The molecule has 1 amide bonds. The van der Waals surface area contributed by atoms with Gasteiger partial charge in [0.1, 0.15) is 6.33 Å². The van der Waals surface area contributed by atoms with E-state index in [2.05, 4.69) is 20.0 Å². The highest BCUT2D eigenvalue weighted by Crippen LogP contribution is 2.30. The van der Waals surface area contributed by atoms with Gasteiger partial charge in [0.05, 0.1) is 12.0 Å². The maximum atomic E-state index is 12.4. The van der Waals surface area contributed by atoms with Crippen molar-refractivity contribution in [2.45, 2.75) is 11.8 Å². The van der Waals surface area contributed by atoms with Crippen molar-refractivity contribution in [1.29, 1.82) is 0 Å². The number of sulfonamides is 1. The number of amides is 1. The van der Waals surface area contributed by atoms with Gasteiger partial charge in [-0.1, -0.05) is 11.6 Å². The van der Waals surface area contributed by atoms with Crippen LogP contribution in [-0.4, -0.2) is 31.4 Å². The largest absolute Gasteiger partial charge is 0.490 e. The lowest BCUT2D eigenvalue weighted by Gasteiger charge is -2.11. The lowest BCUT2D eigenvalue weighted by atomic mass is 10.3. The van der Waals surface area contributed by atoms with E-state index >= 15 is 0 Å². The molecule has 0 radical (unpaired) electrons. The second-order valence-corrected chi connectivity index (χ2v) is 6.40. The van der Waals surface area contributed by atoms with Crippen LogP contribution in [0.5, 0.6) is 5.75 Å². The Morgan fingerprint density at radius 2 is 1.87 bits per heavy atom. The van der Waals surface area contributed by atoms with Gasteiger partial charge in [-0.05, 0) is 24.3 Å². The molecule has 122 valence electrons. The average molecular weight is 357 g/mol. The first-order chi connectivity index (χ1) is 10.8. The number of hydrogen-bond donors (Lipinski definition) is 2. The van der Waals surface area contributed by atoms with Gasteiger partial charge in [-0.3, -0.25) is 9.52 Å². The van der Waals surface area contributed by atoms with Crippen LogP contribution in [0.3, 0.4) is 0 Å². The number of aromatic nitrogens is 2. The van der Waals surface area contributed by atoms with E-state index in [1.54, 1.807) is 0 Å². The summed E-state index contributed by atoms with van der Waals surface area (Å²) in [4.78, 5) is 18.5. The number of rotatable bonds is 5. The number of ether oxygens (including phenoxy) is 1. The zero-order valence-electron chi connectivity index (χ0n) is 12.2. The number of carbonyl (C=O) groups is 1. The molecule has 23 heavy (non-hydrogen) atoms. The summed E-state index contributed by atoms with van der Waals surface area (Å²) in [5.74, 6) is -0.301. The summed E-state index contributed by atoms with van der Waals surface area (Å²) in [5, 5.41) is 2.53. The quantitative estimate of drug-likeness (QED) is 0.791. The molecule has 0 unspecified atom stereocenters. The molecule has 2 N–H and O–H groups in total. The first-order valence-electron chi connectivity index (χ1n) is 6.28. The van der Waals surface area contributed by atoms with Crippen molar-refractivity contribution in [2.75, 3.05) is 17.1 Å². The third kappa shape index (κ3) is 4.08. The van der Waals surface area contributed by atoms with E-state index in [1.807, 2.05) is 0 Å². The third-order valence-corrected chi connectivity index (χ3v) is 4.30. The van der Waals surface area contributed by atoms with Gasteiger partial charge >= 0.3 is 0 Å². The minimum atomic E-state index is -3.90. The number of anilines is 2. The SMILES string of the molecule is COc1c(Cl)ncnc1NS(=O)(=O)c1ccc(NC(C)=O)cc1. The minimum absolute atomic E-state index is 0.0108. The fourth-order valence-electron chi connectivity index (χ4n) is 1.71. The lowest BCUT2D eigenvalue weighted by Crippen LogP contribution is -2.15. The molecule has 0 aliphatic rings. The molecule has 1 aromatic heterocycles. The summed E-state index contributed by atoms with van der Waals surface area (Å²) in [7, 11) is -2.58. The number of benzene rings is 1. The highest BCUT2D eigenvalue weighted by Gasteiger charge is 2.19. The van der Waals surface area contributed by atoms with Crippen LogP contribution in [0.2, 0.25) is 5.15 Å². The van der Waals surface area contributed by atoms with E-state index in [0.29, 0.717) is 5.69 Å².